The number of rotatable bonds is 4. The molecule has 0 saturated heterocycles. The van der Waals surface area contributed by atoms with E-state index in [1.54, 1.807) is 0 Å². The number of hydrogen-bond donors (Lipinski definition) is 1. The quantitative estimate of drug-likeness (QED) is 0.862. The Bertz CT molecular complexity index is 761. The second-order valence-corrected chi connectivity index (χ2v) is 8.88. The Kier molecular flexibility index (Phi) is 3.84. The SMILES string of the molecule is O=C(Nc1ccc(Cc2ccncc2)cc1)C12CC3CC(CC(C3)C1)C2. The van der Waals surface area contributed by atoms with Crippen molar-refractivity contribution in [2.24, 2.45) is 23.2 Å². The molecule has 4 fully saturated rings. The van der Waals surface area contributed by atoms with E-state index < -0.39 is 0 Å². The Morgan fingerprint density at radius 1 is 0.885 bits per heavy atom. The number of hydrogen-bond acceptors (Lipinski definition) is 2. The second kappa shape index (κ2) is 6.22. The molecule has 0 atom stereocenters. The third-order valence-corrected chi connectivity index (χ3v) is 6.89. The van der Waals surface area contributed by atoms with Crippen molar-refractivity contribution in [2.45, 2.75) is 44.9 Å². The molecule has 0 radical (unpaired) electrons. The first-order valence-electron chi connectivity index (χ1n) is 9.98. The first kappa shape index (κ1) is 16.0. The van der Waals surface area contributed by atoms with Crippen LogP contribution in [0.2, 0.25) is 0 Å². The molecular formula is C23H26N2O. The van der Waals surface area contributed by atoms with Crippen molar-refractivity contribution in [1.29, 1.82) is 0 Å². The Morgan fingerprint density at radius 2 is 1.42 bits per heavy atom. The van der Waals surface area contributed by atoms with Gasteiger partial charge in [-0.2, -0.15) is 0 Å². The third-order valence-electron chi connectivity index (χ3n) is 6.89. The van der Waals surface area contributed by atoms with Gasteiger partial charge < -0.3 is 5.32 Å². The summed E-state index contributed by atoms with van der Waals surface area (Å²) in [4.78, 5) is 17.2. The lowest BCUT2D eigenvalue weighted by atomic mass is 9.49. The van der Waals surface area contributed by atoms with Gasteiger partial charge in [-0.3, -0.25) is 9.78 Å². The normalized spacial score (nSPS) is 31.8. The third kappa shape index (κ3) is 2.94. The Labute approximate surface area is 155 Å². The number of nitrogens with zero attached hydrogens (tertiary/aromatic N) is 1. The lowest BCUT2D eigenvalue weighted by Crippen LogP contribution is -2.51. The van der Waals surface area contributed by atoms with E-state index in [9.17, 15) is 4.79 Å². The van der Waals surface area contributed by atoms with Gasteiger partial charge >= 0.3 is 0 Å². The lowest BCUT2D eigenvalue weighted by molar-refractivity contribution is -0.140. The van der Waals surface area contributed by atoms with Crippen molar-refractivity contribution in [3.63, 3.8) is 0 Å². The van der Waals surface area contributed by atoms with Crippen molar-refractivity contribution in [2.75, 3.05) is 5.32 Å². The van der Waals surface area contributed by atoms with Crippen LogP contribution in [0.15, 0.2) is 48.8 Å². The fourth-order valence-corrected chi connectivity index (χ4v) is 6.09. The van der Waals surface area contributed by atoms with E-state index in [1.807, 2.05) is 24.5 Å². The summed E-state index contributed by atoms with van der Waals surface area (Å²) in [6.45, 7) is 0. The molecule has 1 heterocycles. The van der Waals surface area contributed by atoms with Gasteiger partial charge in [0.15, 0.2) is 0 Å². The average Bonchev–Trinajstić information content (AvgIpc) is 2.63. The highest BCUT2D eigenvalue weighted by atomic mass is 16.2. The fourth-order valence-electron chi connectivity index (χ4n) is 6.09. The van der Waals surface area contributed by atoms with E-state index in [-0.39, 0.29) is 11.3 Å². The molecule has 1 N–H and O–H groups in total. The number of benzene rings is 1. The molecule has 6 rings (SSSR count). The van der Waals surface area contributed by atoms with Crippen LogP contribution in [0.25, 0.3) is 0 Å². The van der Waals surface area contributed by atoms with E-state index in [4.69, 9.17) is 0 Å². The first-order valence-corrected chi connectivity index (χ1v) is 9.98. The largest absolute Gasteiger partial charge is 0.326 e. The topological polar surface area (TPSA) is 42.0 Å². The van der Waals surface area contributed by atoms with Crippen LogP contribution < -0.4 is 5.32 Å². The van der Waals surface area contributed by atoms with E-state index >= 15 is 0 Å². The number of carbonyl (C=O) groups excluding carboxylic acids is 1. The van der Waals surface area contributed by atoms with Crippen LogP contribution >= 0.6 is 0 Å². The maximum absolute atomic E-state index is 13.1. The van der Waals surface area contributed by atoms with E-state index in [0.29, 0.717) is 0 Å². The van der Waals surface area contributed by atoms with Gasteiger partial charge in [-0.25, -0.2) is 0 Å². The summed E-state index contributed by atoms with van der Waals surface area (Å²) >= 11 is 0. The highest BCUT2D eigenvalue weighted by molar-refractivity contribution is 5.95. The zero-order valence-electron chi connectivity index (χ0n) is 15.2. The van der Waals surface area contributed by atoms with Crippen LogP contribution in [0.1, 0.15) is 49.7 Å². The standard InChI is InChI=1S/C23H26N2O/c26-22(23-13-18-10-19(14-23)12-20(11-18)15-23)25-21-3-1-16(2-4-21)9-17-5-7-24-8-6-17/h1-8,18-20H,9-15H2,(H,25,26). The van der Waals surface area contributed by atoms with Crippen molar-refractivity contribution in [3.05, 3.63) is 59.9 Å². The minimum atomic E-state index is -0.0789. The van der Waals surface area contributed by atoms with Crippen LogP contribution in [0.5, 0.6) is 0 Å². The lowest BCUT2D eigenvalue weighted by Gasteiger charge is -2.55. The van der Waals surface area contributed by atoms with Gasteiger partial charge in [0.1, 0.15) is 0 Å². The minimum absolute atomic E-state index is 0.0789. The van der Waals surface area contributed by atoms with Crippen molar-refractivity contribution in [1.82, 2.24) is 4.98 Å². The molecule has 0 unspecified atom stereocenters. The second-order valence-electron chi connectivity index (χ2n) is 8.88. The van der Waals surface area contributed by atoms with Gasteiger partial charge in [-0.1, -0.05) is 12.1 Å². The number of pyridine rings is 1. The zero-order valence-corrected chi connectivity index (χ0v) is 15.2. The van der Waals surface area contributed by atoms with Crippen molar-refractivity contribution >= 4 is 11.6 Å². The first-order chi connectivity index (χ1) is 12.7. The molecule has 3 nitrogen and oxygen atoms in total. The van der Waals surface area contributed by atoms with Gasteiger partial charge in [0, 0.05) is 18.1 Å². The predicted molar refractivity (Wildman–Crippen MR) is 103 cm³/mol. The average molecular weight is 346 g/mol. The number of amides is 1. The summed E-state index contributed by atoms with van der Waals surface area (Å²) in [5, 5.41) is 3.24. The molecule has 0 spiro atoms. The van der Waals surface area contributed by atoms with Gasteiger partial charge in [0.05, 0.1) is 5.41 Å². The van der Waals surface area contributed by atoms with Gasteiger partial charge in [0.25, 0.3) is 0 Å². The molecule has 26 heavy (non-hydrogen) atoms. The van der Waals surface area contributed by atoms with Gasteiger partial charge in [-0.05, 0) is 98.1 Å². The van der Waals surface area contributed by atoms with E-state index in [2.05, 4.69) is 34.6 Å². The monoisotopic (exact) mass is 346 g/mol. The molecular weight excluding hydrogens is 320 g/mol. The number of anilines is 1. The number of carbonyl (C=O) groups is 1. The molecule has 134 valence electrons. The molecule has 1 amide bonds. The molecule has 4 saturated carbocycles. The summed E-state index contributed by atoms with van der Waals surface area (Å²) in [6, 6.07) is 12.4. The Morgan fingerprint density at radius 3 is 2.00 bits per heavy atom. The predicted octanol–water partition coefficient (Wildman–Crippen LogP) is 4.83. The molecule has 1 aromatic carbocycles. The summed E-state index contributed by atoms with van der Waals surface area (Å²) in [7, 11) is 0. The molecule has 0 aliphatic heterocycles. The van der Waals surface area contributed by atoms with E-state index in [1.165, 1.54) is 30.4 Å². The van der Waals surface area contributed by atoms with Crippen molar-refractivity contribution in [3.8, 4) is 0 Å². The molecule has 4 aliphatic carbocycles. The highest BCUT2D eigenvalue weighted by Crippen LogP contribution is 2.60. The summed E-state index contributed by atoms with van der Waals surface area (Å²) < 4.78 is 0. The Hall–Kier alpha value is -2.16. The van der Waals surface area contributed by atoms with Crippen molar-refractivity contribution < 1.29 is 4.79 Å². The molecule has 4 bridgehead atoms. The fraction of sp³-hybridized carbons (Fsp3) is 0.478. The van der Waals surface area contributed by atoms with Crippen LogP contribution in [-0.2, 0) is 11.2 Å². The Balaban J connectivity index is 1.27. The maximum Gasteiger partial charge on any atom is 0.230 e. The molecule has 3 heteroatoms. The van der Waals surface area contributed by atoms with Crippen LogP contribution in [0.3, 0.4) is 0 Å². The van der Waals surface area contributed by atoms with Gasteiger partial charge in [0.2, 0.25) is 5.91 Å². The van der Waals surface area contributed by atoms with E-state index in [0.717, 1.165) is 49.1 Å². The van der Waals surface area contributed by atoms with Crippen LogP contribution in [-0.4, -0.2) is 10.9 Å². The maximum atomic E-state index is 13.1. The smallest absolute Gasteiger partial charge is 0.230 e. The summed E-state index contributed by atoms with van der Waals surface area (Å²) in [5.41, 5.74) is 3.36. The highest BCUT2D eigenvalue weighted by Gasteiger charge is 2.54. The molecule has 4 aliphatic rings. The molecule has 2 aromatic rings. The number of aromatic nitrogens is 1. The zero-order chi connectivity index (χ0) is 17.6. The molecule has 1 aromatic heterocycles. The van der Waals surface area contributed by atoms with Gasteiger partial charge in [-0.15, -0.1) is 0 Å². The summed E-state index contributed by atoms with van der Waals surface area (Å²) in [5.74, 6) is 2.68. The van der Waals surface area contributed by atoms with Crippen LogP contribution in [0, 0.1) is 23.2 Å². The summed E-state index contributed by atoms with van der Waals surface area (Å²) in [6.07, 6.45) is 12.0. The van der Waals surface area contributed by atoms with Crippen LogP contribution in [0.4, 0.5) is 5.69 Å². The number of nitrogens with one attached hydrogen (secondary N) is 1. The minimum Gasteiger partial charge on any atom is -0.326 e.